The van der Waals surface area contributed by atoms with Crippen LogP contribution in [0.3, 0.4) is 0 Å². The van der Waals surface area contributed by atoms with Gasteiger partial charge in [0.2, 0.25) is 5.91 Å². The molecule has 1 fully saturated rings. The van der Waals surface area contributed by atoms with Gasteiger partial charge >= 0.3 is 0 Å². The quantitative estimate of drug-likeness (QED) is 0.825. The zero-order chi connectivity index (χ0) is 18.7. The van der Waals surface area contributed by atoms with E-state index in [2.05, 4.69) is 67.3 Å². The van der Waals surface area contributed by atoms with Gasteiger partial charge in [0.25, 0.3) is 0 Å². The minimum absolute atomic E-state index is 0.0748. The van der Waals surface area contributed by atoms with Crippen molar-refractivity contribution < 1.29 is 4.79 Å². The first-order valence-corrected chi connectivity index (χ1v) is 9.62. The van der Waals surface area contributed by atoms with E-state index < -0.39 is 0 Å². The normalized spacial score (nSPS) is 16.7. The van der Waals surface area contributed by atoms with Crippen molar-refractivity contribution in [1.82, 2.24) is 9.80 Å². The molecule has 2 aromatic carbocycles. The van der Waals surface area contributed by atoms with Crippen molar-refractivity contribution in [3.05, 3.63) is 70.8 Å². The standard InChI is InChI=1S/C23H30N2O/c1-17(2)23(26)25-15-13-24(14-16-25)22(20-11-9-18(3)10-12-20)21-8-6-5-7-19(21)4/h5-12,17,22H,13-16H2,1-4H3/t22-/m0/s1. The van der Waals surface area contributed by atoms with Gasteiger partial charge in [0.1, 0.15) is 0 Å². The molecule has 0 saturated carbocycles. The monoisotopic (exact) mass is 350 g/mol. The summed E-state index contributed by atoms with van der Waals surface area (Å²) >= 11 is 0. The van der Waals surface area contributed by atoms with Crippen LogP contribution in [-0.2, 0) is 4.79 Å². The maximum Gasteiger partial charge on any atom is 0.225 e. The fourth-order valence-electron chi connectivity index (χ4n) is 3.80. The number of hydrogen-bond donors (Lipinski definition) is 0. The molecule has 3 heteroatoms. The number of aryl methyl sites for hydroxylation is 2. The highest BCUT2D eigenvalue weighted by Gasteiger charge is 2.29. The Bertz CT molecular complexity index is 743. The summed E-state index contributed by atoms with van der Waals surface area (Å²) in [7, 11) is 0. The Hall–Kier alpha value is -2.13. The minimum atomic E-state index is 0.0748. The molecule has 0 aliphatic carbocycles. The molecule has 1 aliphatic heterocycles. The van der Waals surface area contributed by atoms with Crippen LogP contribution in [0.25, 0.3) is 0 Å². The number of carbonyl (C=O) groups is 1. The van der Waals surface area contributed by atoms with Crippen LogP contribution < -0.4 is 0 Å². The predicted octanol–water partition coefficient (Wildman–Crippen LogP) is 4.19. The summed E-state index contributed by atoms with van der Waals surface area (Å²) in [5, 5.41) is 0. The van der Waals surface area contributed by atoms with Crippen LogP contribution in [0.15, 0.2) is 48.5 Å². The van der Waals surface area contributed by atoms with Gasteiger partial charge in [-0.15, -0.1) is 0 Å². The highest BCUT2D eigenvalue weighted by molar-refractivity contribution is 5.78. The molecule has 26 heavy (non-hydrogen) atoms. The lowest BCUT2D eigenvalue weighted by Crippen LogP contribution is -2.50. The van der Waals surface area contributed by atoms with Gasteiger partial charge in [-0.1, -0.05) is 67.9 Å². The van der Waals surface area contributed by atoms with Gasteiger partial charge < -0.3 is 4.90 Å². The molecule has 3 nitrogen and oxygen atoms in total. The van der Waals surface area contributed by atoms with Gasteiger partial charge in [0.05, 0.1) is 6.04 Å². The van der Waals surface area contributed by atoms with Crippen LogP contribution in [0.2, 0.25) is 0 Å². The smallest absolute Gasteiger partial charge is 0.225 e. The maximum absolute atomic E-state index is 12.3. The number of hydrogen-bond acceptors (Lipinski definition) is 2. The molecular formula is C23H30N2O. The third-order valence-corrected chi connectivity index (χ3v) is 5.36. The predicted molar refractivity (Wildman–Crippen MR) is 107 cm³/mol. The molecule has 1 saturated heterocycles. The highest BCUT2D eigenvalue weighted by Crippen LogP contribution is 2.32. The molecule has 1 aliphatic rings. The van der Waals surface area contributed by atoms with Crippen molar-refractivity contribution in [2.75, 3.05) is 26.2 Å². The second-order valence-corrected chi connectivity index (χ2v) is 7.69. The van der Waals surface area contributed by atoms with Crippen LogP contribution in [0, 0.1) is 19.8 Å². The summed E-state index contributed by atoms with van der Waals surface area (Å²) in [6.07, 6.45) is 0. The second-order valence-electron chi connectivity index (χ2n) is 7.69. The van der Waals surface area contributed by atoms with E-state index in [9.17, 15) is 4.79 Å². The van der Waals surface area contributed by atoms with Gasteiger partial charge in [0.15, 0.2) is 0 Å². The fraction of sp³-hybridized carbons (Fsp3) is 0.435. The van der Waals surface area contributed by atoms with E-state index in [1.807, 2.05) is 18.7 Å². The first-order chi connectivity index (χ1) is 12.5. The van der Waals surface area contributed by atoms with Gasteiger partial charge in [-0.25, -0.2) is 0 Å². The molecule has 3 rings (SSSR count). The lowest BCUT2D eigenvalue weighted by molar-refractivity contribution is -0.136. The minimum Gasteiger partial charge on any atom is -0.340 e. The SMILES string of the molecule is Cc1ccc([C@@H](c2ccccc2C)N2CCN(C(=O)C(C)C)CC2)cc1. The van der Waals surface area contributed by atoms with E-state index in [0.717, 1.165) is 26.2 Å². The Balaban J connectivity index is 1.87. The Morgan fingerprint density at radius 1 is 0.885 bits per heavy atom. The second kappa shape index (κ2) is 8.05. The first kappa shape index (κ1) is 18.7. The topological polar surface area (TPSA) is 23.6 Å². The number of piperazine rings is 1. The molecule has 138 valence electrons. The molecule has 2 aromatic rings. The number of nitrogens with zero attached hydrogens (tertiary/aromatic N) is 2. The molecule has 0 N–H and O–H groups in total. The molecule has 0 bridgehead atoms. The van der Waals surface area contributed by atoms with Crippen LogP contribution in [0.1, 0.15) is 42.1 Å². The van der Waals surface area contributed by atoms with E-state index in [-0.39, 0.29) is 17.9 Å². The van der Waals surface area contributed by atoms with Gasteiger partial charge in [-0.3, -0.25) is 9.69 Å². The Labute approximate surface area is 157 Å². The van der Waals surface area contributed by atoms with Crippen molar-refractivity contribution in [2.45, 2.75) is 33.7 Å². The Kier molecular flexibility index (Phi) is 5.77. The molecule has 0 unspecified atom stereocenters. The molecule has 1 heterocycles. The fourth-order valence-corrected chi connectivity index (χ4v) is 3.80. The molecular weight excluding hydrogens is 320 g/mol. The number of benzene rings is 2. The molecule has 0 spiro atoms. The largest absolute Gasteiger partial charge is 0.340 e. The van der Waals surface area contributed by atoms with E-state index in [0.29, 0.717) is 0 Å². The molecule has 0 aromatic heterocycles. The van der Waals surface area contributed by atoms with Crippen LogP contribution in [0.5, 0.6) is 0 Å². The van der Waals surface area contributed by atoms with Crippen molar-refractivity contribution in [2.24, 2.45) is 5.92 Å². The molecule has 1 amide bonds. The first-order valence-electron chi connectivity index (χ1n) is 9.62. The molecule has 0 radical (unpaired) electrons. The number of rotatable bonds is 4. The van der Waals surface area contributed by atoms with Crippen molar-refractivity contribution in [3.8, 4) is 0 Å². The van der Waals surface area contributed by atoms with Crippen molar-refractivity contribution in [1.29, 1.82) is 0 Å². The van der Waals surface area contributed by atoms with Gasteiger partial charge in [-0.2, -0.15) is 0 Å². The van der Waals surface area contributed by atoms with Crippen LogP contribution in [-0.4, -0.2) is 41.9 Å². The van der Waals surface area contributed by atoms with Gasteiger partial charge in [0, 0.05) is 32.1 Å². The lowest BCUT2D eigenvalue weighted by atomic mass is 9.92. The van der Waals surface area contributed by atoms with E-state index in [1.165, 1.54) is 22.3 Å². The average Bonchev–Trinajstić information content (AvgIpc) is 2.65. The van der Waals surface area contributed by atoms with E-state index in [1.54, 1.807) is 0 Å². The summed E-state index contributed by atoms with van der Waals surface area (Å²) in [6, 6.07) is 17.8. The van der Waals surface area contributed by atoms with Gasteiger partial charge in [-0.05, 0) is 30.5 Å². The highest BCUT2D eigenvalue weighted by atomic mass is 16.2. The summed E-state index contributed by atoms with van der Waals surface area (Å²) in [5.74, 6) is 0.346. The van der Waals surface area contributed by atoms with Crippen LogP contribution >= 0.6 is 0 Å². The number of amides is 1. The third kappa shape index (κ3) is 3.99. The van der Waals surface area contributed by atoms with Crippen LogP contribution in [0.4, 0.5) is 0 Å². The Morgan fingerprint density at radius 3 is 2.08 bits per heavy atom. The summed E-state index contributed by atoms with van der Waals surface area (Å²) in [6.45, 7) is 11.7. The van der Waals surface area contributed by atoms with E-state index in [4.69, 9.17) is 0 Å². The number of carbonyl (C=O) groups excluding carboxylic acids is 1. The van der Waals surface area contributed by atoms with Crippen molar-refractivity contribution >= 4 is 5.91 Å². The summed E-state index contributed by atoms with van der Waals surface area (Å²) in [5.41, 5.74) is 5.29. The molecule has 1 atom stereocenters. The maximum atomic E-state index is 12.3. The summed E-state index contributed by atoms with van der Waals surface area (Å²) < 4.78 is 0. The zero-order valence-corrected chi connectivity index (χ0v) is 16.4. The van der Waals surface area contributed by atoms with Crippen molar-refractivity contribution in [3.63, 3.8) is 0 Å². The Morgan fingerprint density at radius 2 is 1.50 bits per heavy atom. The zero-order valence-electron chi connectivity index (χ0n) is 16.4. The lowest BCUT2D eigenvalue weighted by Gasteiger charge is -2.40. The summed E-state index contributed by atoms with van der Waals surface area (Å²) in [4.78, 5) is 16.9. The third-order valence-electron chi connectivity index (χ3n) is 5.36. The van der Waals surface area contributed by atoms with E-state index >= 15 is 0 Å². The average molecular weight is 351 g/mol.